The normalized spacial score (nSPS) is 10.4. The summed E-state index contributed by atoms with van der Waals surface area (Å²) < 4.78 is 0. The molecule has 0 bridgehead atoms. The van der Waals surface area contributed by atoms with Crippen molar-refractivity contribution in [3.05, 3.63) is 34.4 Å². The molecule has 16 heavy (non-hydrogen) atoms. The van der Waals surface area contributed by atoms with Gasteiger partial charge in [-0.2, -0.15) is 4.99 Å². The summed E-state index contributed by atoms with van der Waals surface area (Å²) in [6.45, 7) is 5.76. The molecule has 0 saturated carbocycles. The van der Waals surface area contributed by atoms with Crippen LogP contribution in [-0.2, 0) is 0 Å². The van der Waals surface area contributed by atoms with Crippen molar-refractivity contribution >= 4 is 17.4 Å². The lowest BCUT2D eigenvalue weighted by molar-refractivity contribution is -0.384. The average molecular weight is 219 g/mol. The molecule has 5 nitrogen and oxygen atoms in total. The van der Waals surface area contributed by atoms with Crippen LogP contribution in [0.3, 0.4) is 0 Å². The van der Waals surface area contributed by atoms with Crippen molar-refractivity contribution < 1.29 is 4.92 Å². The number of benzene rings is 1. The van der Waals surface area contributed by atoms with E-state index in [0.717, 1.165) is 0 Å². The Kier molecular flexibility index (Phi) is 3.53. The summed E-state index contributed by atoms with van der Waals surface area (Å²) in [6.07, 6.45) is 0. The predicted octanol–water partition coefficient (Wildman–Crippen LogP) is 3.20. The van der Waals surface area contributed by atoms with E-state index < -0.39 is 4.92 Å². The molecular weight excluding hydrogens is 206 g/mol. The van der Waals surface area contributed by atoms with E-state index in [2.05, 4.69) is 16.0 Å². The first-order valence-corrected chi connectivity index (χ1v) is 4.80. The lowest BCUT2D eigenvalue weighted by atomic mass is 10.1. The highest BCUT2D eigenvalue weighted by Crippen LogP contribution is 2.18. The zero-order chi connectivity index (χ0) is 12.2. The first-order valence-electron chi connectivity index (χ1n) is 4.80. The minimum Gasteiger partial charge on any atom is -0.258 e. The molecule has 1 rings (SSSR count). The average Bonchev–Trinajstić information content (AvgIpc) is 2.16. The minimum atomic E-state index is -0.458. The molecule has 0 radical (unpaired) electrons. The van der Waals surface area contributed by atoms with Gasteiger partial charge in [0.2, 0.25) is 0 Å². The van der Waals surface area contributed by atoms with Crippen molar-refractivity contribution in [3.63, 3.8) is 0 Å². The topological polar surface area (TPSA) is 67.9 Å². The molecule has 0 heterocycles. The van der Waals surface area contributed by atoms with Crippen LogP contribution in [-0.4, -0.2) is 16.5 Å². The first kappa shape index (κ1) is 12.1. The van der Waals surface area contributed by atoms with Crippen LogP contribution in [0.2, 0.25) is 0 Å². The predicted molar refractivity (Wildman–Crippen MR) is 62.4 cm³/mol. The van der Waals surface area contributed by atoms with Crippen LogP contribution in [0.15, 0.2) is 34.3 Å². The summed E-state index contributed by atoms with van der Waals surface area (Å²) in [5, 5.41) is 10.5. The number of nitro benzene ring substituents is 1. The van der Waals surface area contributed by atoms with E-state index >= 15 is 0 Å². The van der Waals surface area contributed by atoms with Crippen LogP contribution in [0.25, 0.3) is 0 Å². The summed E-state index contributed by atoms with van der Waals surface area (Å²) in [5.74, 6) is 0. The van der Waals surface area contributed by atoms with E-state index in [4.69, 9.17) is 0 Å². The van der Waals surface area contributed by atoms with Crippen molar-refractivity contribution in [1.82, 2.24) is 0 Å². The minimum absolute atomic E-state index is 0.0128. The van der Waals surface area contributed by atoms with Crippen molar-refractivity contribution in [1.29, 1.82) is 0 Å². The second-order valence-electron chi connectivity index (χ2n) is 4.27. The van der Waals surface area contributed by atoms with E-state index in [1.807, 2.05) is 20.8 Å². The molecule has 0 aliphatic heterocycles. The monoisotopic (exact) mass is 219 g/mol. The second kappa shape index (κ2) is 4.68. The van der Waals surface area contributed by atoms with Gasteiger partial charge in [0.05, 0.1) is 22.2 Å². The summed E-state index contributed by atoms with van der Waals surface area (Å²) >= 11 is 0. The van der Waals surface area contributed by atoms with Gasteiger partial charge in [0.15, 0.2) is 0 Å². The van der Waals surface area contributed by atoms with Crippen molar-refractivity contribution in [3.8, 4) is 0 Å². The maximum Gasteiger partial charge on any atom is 0.271 e. The van der Waals surface area contributed by atoms with E-state index in [9.17, 15) is 10.1 Å². The second-order valence-corrected chi connectivity index (χ2v) is 4.27. The number of nitrogens with zero attached hydrogens (tertiary/aromatic N) is 3. The highest BCUT2D eigenvalue weighted by Gasteiger charge is 2.05. The first-order chi connectivity index (χ1) is 7.38. The molecule has 1 aromatic rings. The Labute approximate surface area is 93.7 Å². The van der Waals surface area contributed by atoms with Gasteiger partial charge >= 0.3 is 0 Å². The Morgan fingerprint density at radius 1 is 1.38 bits per heavy atom. The number of hydrogen-bond donors (Lipinski definition) is 0. The van der Waals surface area contributed by atoms with Gasteiger partial charge in [0.25, 0.3) is 5.69 Å². The molecule has 0 aliphatic carbocycles. The Hall–Kier alpha value is -2.00. The zero-order valence-electron chi connectivity index (χ0n) is 9.47. The summed E-state index contributed by atoms with van der Waals surface area (Å²) in [4.78, 5) is 18.0. The smallest absolute Gasteiger partial charge is 0.258 e. The molecule has 0 amide bonds. The molecule has 84 valence electrons. The number of aliphatic imine (C=N–C) groups is 2. The third kappa shape index (κ3) is 4.02. The van der Waals surface area contributed by atoms with Crippen LogP contribution >= 0.6 is 0 Å². The fraction of sp³-hybridized carbons (Fsp3) is 0.364. The molecule has 5 heteroatoms. The number of hydrogen-bond acceptors (Lipinski definition) is 4. The van der Waals surface area contributed by atoms with Gasteiger partial charge in [-0.25, -0.2) is 4.99 Å². The SMILES string of the molecule is CC(C)(C)N=C=Nc1cccc([N+](=O)[O-])c1. The molecule has 0 aliphatic rings. The fourth-order valence-corrected chi connectivity index (χ4v) is 0.909. The van der Waals surface area contributed by atoms with E-state index in [1.165, 1.54) is 12.1 Å². The summed E-state index contributed by atoms with van der Waals surface area (Å²) in [6, 6.07) is 8.58. The zero-order valence-corrected chi connectivity index (χ0v) is 9.47. The Balaban J connectivity index is 2.94. The largest absolute Gasteiger partial charge is 0.271 e. The number of nitro groups is 1. The molecule has 0 unspecified atom stereocenters. The number of rotatable bonds is 2. The maximum atomic E-state index is 10.5. The molecule has 0 aromatic heterocycles. The third-order valence-electron chi connectivity index (χ3n) is 1.61. The lowest BCUT2D eigenvalue weighted by Gasteiger charge is -2.06. The fourth-order valence-electron chi connectivity index (χ4n) is 0.909. The Morgan fingerprint density at radius 3 is 2.62 bits per heavy atom. The van der Waals surface area contributed by atoms with Crippen LogP contribution in [0.4, 0.5) is 11.4 Å². The summed E-state index contributed by atoms with van der Waals surface area (Å²) in [5.41, 5.74) is 0.241. The van der Waals surface area contributed by atoms with Gasteiger partial charge < -0.3 is 0 Å². The molecule has 0 atom stereocenters. The molecule has 1 aromatic carbocycles. The van der Waals surface area contributed by atoms with Crippen LogP contribution in [0, 0.1) is 10.1 Å². The highest BCUT2D eigenvalue weighted by atomic mass is 16.6. The standard InChI is InChI=1S/C11H13N3O2/c1-11(2,3)13-8-12-9-5-4-6-10(7-9)14(15)16/h4-7H,1-3H3. The van der Waals surface area contributed by atoms with Crippen LogP contribution in [0.5, 0.6) is 0 Å². The van der Waals surface area contributed by atoms with Crippen molar-refractivity contribution in [2.75, 3.05) is 0 Å². The van der Waals surface area contributed by atoms with Crippen LogP contribution < -0.4 is 0 Å². The molecule has 0 saturated heterocycles. The highest BCUT2D eigenvalue weighted by molar-refractivity contribution is 5.55. The van der Waals surface area contributed by atoms with Crippen molar-refractivity contribution in [2.24, 2.45) is 9.98 Å². The Bertz CT molecular complexity index is 455. The molecule has 0 fully saturated rings. The van der Waals surface area contributed by atoms with E-state index in [0.29, 0.717) is 5.69 Å². The van der Waals surface area contributed by atoms with Gasteiger partial charge in [-0.15, -0.1) is 0 Å². The van der Waals surface area contributed by atoms with E-state index in [1.54, 1.807) is 12.1 Å². The number of non-ortho nitro benzene ring substituents is 1. The van der Waals surface area contributed by atoms with Crippen LogP contribution in [0.1, 0.15) is 20.8 Å². The van der Waals surface area contributed by atoms with Gasteiger partial charge in [0, 0.05) is 12.1 Å². The third-order valence-corrected chi connectivity index (χ3v) is 1.61. The lowest BCUT2D eigenvalue weighted by Crippen LogP contribution is -2.07. The maximum absolute atomic E-state index is 10.5. The van der Waals surface area contributed by atoms with Gasteiger partial charge in [-0.3, -0.25) is 10.1 Å². The molecule has 0 spiro atoms. The summed E-state index contributed by atoms with van der Waals surface area (Å²) in [7, 11) is 0. The van der Waals surface area contributed by atoms with Crippen molar-refractivity contribution in [2.45, 2.75) is 26.3 Å². The van der Waals surface area contributed by atoms with Gasteiger partial charge in [-0.05, 0) is 26.8 Å². The van der Waals surface area contributed by atoms with Gasteiger partial charge in [-0.1, -0.05) is 6.07 Å². The quantitative estimate of drug-likeness (QED) is 0.435. The molecule has 0 N–H and O–H groups in total. The van der Waals surface area contributed by atoms with E-state index in [-0.39, 0.29) is 11.2 Å². The van der Waals surface area contributed by atoms with Gasteiger partial charge in [0.1, 0.15) is 0 Å². The molecular formula is C11H13N3O2. The Morgan fingerprint density at radius 2 is 2.06 bits per heavy atom.